The topological polar surface area (TPSA) is 92.4 Å². The monoisotopic (exact) mass is 426 g/mol. The molecule has 0 amide bonds. The van der Waals surface area contributed by atoms with Gasteiger partial charge in [0, 0.05) is 22.1 Å². The molecule has 5 nitrogen and oxygen atoms in total. The fourth-order valence-corrected chi connectivity index (χ4v) is 5.34. The summed E-state index contributed by atoms with van der Waals surface area (Å²) >= 11 is 6.49. The molecule has 0 aliphatic heterocycles. The van der Waals surface area contributed by atoms with Crippen LogP contribution in [0.25, 0.3) is 0 Å². The summed E-state index contributed by atoms with van der Waals surface area (Å²) in [5.74, 6) is 0. The summed E-state index contributed by atoms with van der Waals surface area (Å²) in [6, 6.07) is 3.20. The molecule has 0 unspecified atom stereocenters. The lowest BCUT2D eigenvalue weighted by atomic mass is 10.0. The number of nitrogens with one attached hydrogen (secondary N) is 1. The number of hydrogen-bond acceptors (Lipinski definition) is 4. The van der Waals surface area contributed by atoms with Crippen LogP contribution in [0.2, 0.25) is 0 Å². The Kier molecular flexibility index (Phi) is 4.80. The van der Waals surface area contributed by atoms with E-state index in [0.717, 1.165) is 12.8 Å². The van der Waals surface area contributed by atoms with Crippen LogP contribution in [-0.2, 0) is 10.0 Å². The standard InChI is InChI=1S/C12H16Br2N2O3S/c13-8-5-9(14)11(10(15)6-8)20(18,19)16-7-12(1-2-12)3-4-17/h5-6,16-17H,1-4,7,15H2. The van der Waals surface area contributed by atoms with Gasteiger partial charge in [-0.15, -0.1) is 0 Å². The highest BCUT2D eigenvalue weighted by molar-refractivity contribution is 9.11. The molecular weight excluding hydrogens is 412 g/mol. The van der Waals surface area contributed by atoms with Gasteiger partial charge in [0.2, 0.25) is 10.0 Å². The minimum absolute atomic E-state index is 0.0560. The number of nitrogens with two attached hydrogens (primary N) is 1. The summed E-state index contributed by atoms with van der Waals surface area (Å²) in [4.78, 5) is 0.0560. The third-order valence-electron chi connectivity index (χ3n) is 3.54. The predicted molar refractivity (Wildman–Crippen MR) is 84.8 cm³/mol. The van der Waals surface area contributed by atoms with Crippen molar-refractivity contribution in [3.8, 4) is 0 Å². The molecule has 1 aromatic carbocycles. The maximum Gasteiger partial charge on any atom is 0.243 e. The molecule has 112 valence electrons. The Bertz CT molecular complexity index is 592. The molecule has 8 heteroatoms. The van der Waals surface area contributed by atoms with Gasteiger partial charge in [0.05, 0.1) is 5.69 Å². The van der Waals surface area contributed by atoms with Gasteiger partial charge in [-0.3, -0.25) is 0 Å². The minimum atomic E-state index is -3.67. The van der Waals surface area contributed by atoms with E-state index in [4.69, 9.17) is 10.8 Å². The van der Waals surface area contributed by atoms with Crippen LogP contribution < -0.4 is 10.5 Å². The SMILES string of the molecule is Nc1cc(Br)cc(Br)c1S(=O)(=O)NCC1(CCO)CC1. The average Bonchev–Trinajstić information content (AvgIpc) is 3.06. The fraction of sp³-hybridized carbons (Fsp3) is 0.500. The van der Waals surface area contributed by atoms with Crippen molar-refractivity contribution in [1.29, 1.82) is 0 Å². The van der Waals surface area contributed by atoms with Crippen LogP contribution in [0.3, 0.4) is 0 Å². The van der Waals surface area contributed by atoms with Gasteiger partial charge in [-0.25, -0.2) is 13.1 Å². The Morgan fingerprint density at radius 2 is 2.00 bits per heavy atom. The number of hydrogen-bond donors (Lipinski definition) is 3. The number of aliphatic hydroxyl groups excluding tert-OH is 1. The first-order valence-corrected chi connectivity index (χ1v) is 9.22. The van der Waals surface area contributed by atoms with E-state index in [0.29, 0.717) is 21.9 Å². The summed E-state index contributed by atoms with van der Waals surface area (Å²) < 4.78 is 28.5. The normalized spacial score (nSPS) is 17.1. The largest absolute Gasteiger partial charge is 0.398 e. The van der Waals surface area contributed by atoms with Crippen LogP contribution >= 0.6 is 31.9 Å². The number of benzene rings is 1. The number of rotatable bonds is 6. The van der Waals surface area contributed by atoms with Crippen molar-refractivity contribution in [2.75, 3.05) is 18.9 Å². The molecule has 4 N–H and O–H groups in total. The van der Waals surface area contributed by atoms with Gasteiger partial charge in [-0.05, 0) is 52.7 Å². The van der Waals surface area contributed by atoms with Gasteiger partial charge in [0.25, 0.3) is 0 Å². The highest BCUT2D eigenvalue weighted by Crippen LogP contribution is 2.48. The minimum Gasteiger partial charge on any atom is -0.398 e. The highest BCUT2D eigenvalue weighted by atomic mass is 79.9. The van der Waals surface area contributed by atoms with Gasteiger partial charge >= 0.3 is 0 Å². The predicted octanol–water partition coefficient (Wildman–Crippen LogP) is 2.23. The van der Waals surface area contributed by atoms with E-state index >= 15 is 0 Å². The van der Waals surface area contributed by atoms with E-state index in [9.17, 15) is 8.42 Å². The number of anilines is 1. The second-order valence-corrected chi connectivity index (χ2v) is 8.58. The Balaban J connectivity index is 2.19. The molecule has 0 bridgehead atoms. The molecule has 0 atom stereocenters. The maximum absolute atomic E-state index is 12.4. The van der Waals surface area contributed by atoms with E-state index in [1.807, 2.05) is 0 Å². The molecule has 0 radical (unpaired) electrons. The Morgan fingerprint density at radius 1 is 1.35 bits per heavy atom. The molecule has 1 aromatic rings. The first-order chi connectivity index (χ1) is 9.30. The van der Waals surface area contributed by atoms with Crippen molar-refractivity contribution < 1.29 is 13.5 Å². The van der Waals surface area contributed by atoms with Crippen LogP contribution in [0.4, 0.5) is 5.69 Å². The molecule has 1 aliphatic carbocycles. The highest BCUT2D eigenvalue weighted by Gasteiger charge is 2.42. The smallest absolute Gasteiger partial charge is 0.243 e. The summed E-state index contributed by atoms with van der Waals surface area (Å²) in [5.41, 5.74) is 5.90. The van der Waals surface area contributed by atoms with Gasteiger partial charge in [-0.2, -0.15) is 0 Å². The second-order valence-electron chi connectivity index (χ2n) is 5.10. The summed E-state index contributed by atoms with van der Waals surface area (Å²) in [6.45, 7) is 0.406. The van der Waals surface area contributed by atoms with Gasteiger partial charge in [-0.1, -0.05) is 15.9 Å². The Morgan fingerprint density at radius 3 is 2.50 bits per heavy atom. The Labute approximate surface area is 135 Å². The van der Waals surface area contributed by atoms with Crippen LogP contribution in [0.5, 0.6) is 0 Å². The first-order valence-electron chi connectivity index (χ1n) is 6.15. The molecule has 20 heavy (non-hydrogen) atoms. The molecule has 0 heterocycles. The van der Waals surface area contributed by atoms with E-state index in [1.165, 1.54) is 0 Å². The van der Waals surface area contributed by atoms with Gasteiger partial charge in [0.15, 0.2) is 0 Å². The number of aliphatic hydroxyl groups is 1. The molecule has 0 spiro atoms. The number of nitrogen functional groups attached to an aromatic ring is 1. The summed E-state index contributed by atoms with van der Waals surface area (Å²) in [7, 11) is -3.67. The number of halogens is 2. The molecule has 0 aromatic heterocycles. The molecule has 1 fully saturated rings. The zero-order valence-corrected chi connectivity index (χ0v) is 14.7. The molecule has 1 aliphatic rings. The summed E-state index contributed by atoms with van der Waals surface area (Å²) in [5, 5.41) is 9.00. The average molecular weight is 428 g/mol. The molecule has 0 saturated heterocycles. The van der Waals surface area contributed by atoms with E-state index in [-0.39, 0.29) is 22.6 Å². The van der Waals surface area contributed by atoms with Crippen molar-refractivity contribution >= 4 is 47.6 Å². The maximum atomic E-state index is 12.4. The van der Waals surface area contributed by atoms with Crippen molar-refractivity contribution in [1.82, 2.24) is 4.72 Å². The first kappa shape index (κ1) is 16.2. The van der Waals surface area contributed by atoms with Gasteiger partial charge in [0.1, 0.15) is 4.90 Å². The number of sulfonamides is 1. The van der Waals surface area contributed by atoms with E-state index < -0.39 is 10.0 Å². The zero-order valence-electron chi connectivity index (χ0n) is 10.7. The third kappa shape index (κ3) is 3.54. The molecular formula is C12H16Br2N2O3S. The lowest BCUT2D eigenvalue weighted by molar-refractivity contribution is 0.249. The van der Waals surface area contributed by atoms with Crippen molar-refractivity contribution in [3.63, 3.8) is 0 Å². The molecule has 1 saturated carbocycles. The zero-order chi connectivity index (χ0) is 15.0. The van der Waals surface area contributed by atoms with Crippen LogP contribution in [-0.4, -0.2) is 26.7 Å². The lowest BCUT2D eigenvalue weighted by Gasteiger charge is -2.16. The van der Waals surface area contributed by atoms with Crippen LogP contribution in [0.15, 0.2) is 26.0 Å². The van der Waals surface area contributed by atoms with Gasteiger partial charge < -0.3 is 10.8 Å². The van der Waals surface area contributed by atoms with Crippen LogP contribution in [0.1, 0.15) is 19.3 Å². The van der Waals surface area contributed by atoms with Crippen LogP contribution in [0, 0.1) is 5.41 Å². The quantitative estimate of drug-likeness (QED) is 0.607. The molecule has 2 rings (SSSR count). The second kappa shape index (κ2) is 5.92. The van der Waals surface area contributed by atoms with E-state index in [2.05, 4.69) is 36.6 Å². The third-order valence-corrected chi connectivity index (χ3v) is 6.41. The van der Waals surface area contributed by atoms with Crippen molar-refractivity contribution in [3.05, 3.63) is 21.1 Å². The lowest BCUT2D eigenvalue weighted by Crippen LogP contribution is -2.31. The van der Waals surface area contributed by atoms with E-state index in [1.54, 1.807) is 12.1 Å². The fourth-order valence-electron chi connectivity index (χ4n) is 2.11. The van der Waals surface area contributed by atoms with Crippen molar-refractivity contribution in [2.45, 2.75) is 24.2 Å². The van der Waals surface area contributed by atoms with Crippen molar-refractivity contribution in [2.24, 2.45) is 5.41 Å². The summed E-state index contributed by atoms with van der Waals surface area (Å²) in [6.07, 6.45) is 2.49. The Hall–Kier alpha value is -0.150.